The minimum atomic E-state index is -0.408. The van der Waals surface area contributed by atoms with Crippen LogP contribution in [0.4, 0.5) is 5.69 Å². The lowest BCUT2D eigenvalue weighted by molar-refractivity contribution is -0.385. The normalized spacial score (nSPS) is 10.6. The van der Waals surface area contributed by atoms with Gasteiger partial charge in [0.05, 0.1) is 28.5 Å². The van der Waals surface area contributed by atoms with Gasteiger partial charge in [-0.05, 0) is 25.5 Å². The fraction of sp³-hybridized carbons (Fsp3) is 0.250. The van der Waals surface area contributed by atoms with Gasteiger partial charge in [-0.2, -0.15) is 5.10 Å². The van der Waals surface area contributed by atoms with Crippen molar-refractivity contribution in [1.29, 1.82) is 0 Å². The van der Waals surface area contributed by atoms with Crippen molar-refractivity contribution >= 4 is 5.69 Å². The summed E-state index contributed by atoms with van der Waals surface area (Å²) in [5.41, 5.74) is 2.74. The van der Waals surface area contributed by atoms with Crippen LogP contribution in [0.25, 0.3) is 5.69 Å². The van der Waals surface area contributed by atoms with Gasteiger partial charge in [0, 0.05) is 12.3 Å². The van der Waals surface area contributed by atoms with Crippen molar-refractivity contribution < 1.29 is 10.0 Å². The Labute approximate surface area is 104 Å². The number of hydrogen-bond donors (Lipinski definition) is 1. The first-order chi connectivity index (χ1) is 8.54. The maximum atomic E-state index is 10.9. The predicted molar refractivity (Wildman–Crippen MR) is 65.6 cm³/mol. The average molecular weight is 247 g/mol. The Hall–Kier alpha value is -2.21. The molecule has 0 aliphatic heterocycles. The van der Waals surface area contributed by atoms with Gasteiger partial charge < -0.3 is 5.11 Å². The van der Waals surface area contributed by atoms with Gasteiger partial charge in [0.2, 0.25) is 0 Å². The van der Waals surface area contributed by atoms with Gasteiger partial charge in [0.1, 0.15) is 0 Å². The molecule has 1 heterocycles. The van der Waals surface area contributed by atoms with Crippen LogP contribution in [0.5, 0.6) is 0 Å². The molecule has 1 aromatic carbocycles. The first-order valence-electron chi connectivity index (χ1n) is 5.45. The molecule has 0 fully saturated rings. The third kappa shape index (κ3) is 1.98. The minimum absolute atomic E-state index is 0.0663. The summed E-state index contributed by atoms with van der Waals surface area (Å²) in [4.78, 5) is 10.5. The van der Waals surface area contributed by atoms with Gasteiger partial charge in [-0.3, -0.25) is 10.1 Å². The van der Waals surface area contributed by atoms with E-state index in [1.807, 2.05) is 6.92 Å². The van der Waals surface area contributed by atoms with Crippen molar-refractivity contribution in [2.75, 3.05) is 0 Å². The number of nitro groups is 1. The van der Waals surface area contributed by atoms with Gasteiger partial charge in [-0.25, -0.2) is 4.68 Å². The monoisotopic (exact) mass is 247 g/mol. The van der Waals surface area contributed by atoms with E-state index in [-0.39, 0.29) is 12.3 Å². The summed E-state index contributed by atoms with van der Waals surface area (Å²) in [6, 6.07) is 4.86. The minimum Gasteiger partial charge on any atom is -0.390 e. The van der Waals surface area contributed by atoms with Crippen LogP contribution >= 0.6 is 0 Å². The Balaban J connectivity index is 2.62. The molecule has 0 saturated heterocycles. The molecule has 6 nitrogen and oxygen atoms in total. The number of benzene rings is 1. The van der Waals surface area contributed by atoms with E-state index in [2.05, 4.69) is 5.10 Å². The van der Waals surface area contributed by atoms with E-state index in [4.69, 9.17) is 5.11 Å². The number of nitro benzene ring substituents is 1. The maximum absolute atomic E-state index is 10.9. The zero-order chi connectivity index (χ0) is 13.3. The second-order valence-corrected chi connectivity index (χ2v) is 4.04. The van der Waals surface area contributed by atoms with Crippen LogP contribution in [0, 0.1) is 24.0 Å². The Kier molecular flexibility index (Phi) is 3.12. The van der Waals surface area contributed by atoms with Crippen molar-refractivity contribution in [1.82, 2.24) is 9.78 Å². The lowest BCUT2D eigenvalue weighted by atomic mass is 10.1. The first-order valence-corrected chi connectivity index (χ1v) is 5.45. The fourth-order valence-corrected chi connectivity index (χ4v) is 1.95. The molecule has 0 radical (unpaired) electrons. The number of nitrogens with zero attached hydrogens (tertiary/aromatic N) is 3. The zero-order valence-electron chi connectivity index (χ0n) is 10.1. The molecule has 6 heteroatoms. The highest BCUT2D eigenvalue weighted by molar-refractivity contribution is 5.56. The Morgan fingerprint density at radius 2 is 2.11 bits per heavy atom. The van der Waals surface area contributed by atoms with Crippen LogP contribution in [0.2, 0.25) is 0 Å². The molecule has 2 rings (SSSR count). The standard InChI is InChI=1S/C12H13N3O3/c1-8-3-4-11(15(17)18)9(2)12(8)14-6-5-10(7-16)13-14/h3-6,16H,7H2,1-2H3. The summed E-state index contributed by atoms with van der Waals surface area (Å²) in [7, 11) is 0. The van der Waals surface area contributed by atoms with Crippen LogP contribution < -0.4 is 0 Å². The maximum Gasteiger partial charge on any atom is 0.274 e. The third-order valence-electron chi connectivity index (χ3n) is 2.84. The first kappa shape index (κ1) is 12.3. The molecular weight excluding hydrogens is 234 g/mol. The lowest BCUT2D eigenvalue weighted by Crippen LogP contribution is -2.04. The van der Waals surface area contributed by atoms with Crippen molar-refractivity contribution in [3.8, 4) is 5.69 Å². The molecule has 2 aromatic rings. The zero-order valence-corrected chi connectivity index (χ0v) is 10.1. The topological polar surface area (TPSA) is 81.2 Å². The summed E-state index contributed by atoms with van der Waals surface area (Å²) < 4.78 is 1.56. The summed E-state index contributed by atoms with van der Waals surface area (Å²) in [5, 5.41) is 24.1. The summed E-state index contributed by atoms with van der Waals surface area (Å²) in [6.07, 6.45) is 1.69. The number of aliphatic hydroxyl groups excluding tert-OH is 1. The molecule has 0 spiro atoms. The largest absolute Gasteiger partial charge is 0.390 e. The van der Waals surface area contributed by atoms with Crippen LogP contribution in [0.1, 0.15) is 16.8 Å². The molecule has 94 valence electrons. The van der Waals surface area contributed by atoms with E-state index < -0.39 is 4.92 Å². The van der Waals surface area contributed by atoms with E-state index >= 15 is 0 Å². The van der Waals surface area contributed by atoms with Crippen LogP contribution in [0.15, 0.2) is 24.4 Å². The third-order valence-corrected chi connectivity index (χ3v) is 2.84. The van der Waals surface area contributed by atoms with Crippen molar-refractivity contribution in [2.45, 2.75) is 20.5 Å². The molecule has 0 atom stereocenters. The van der Waals surface area contributed by atoms with E-state index in [0.29, 0.717) is 16.9 Å². The van der Waals surface area contributed by atoms with Gasteiger partial charge in [-0.15, -0.1) is 0 Å². The number of aromatic nitrogens is 2. The summed E-state index contributed by atoms with van der Waals surface area (Å²) in [5.74, 6) is 0. The Bertz CT molecular complexity index is 605. The fourth-order valence-electron chi connectivity index (χ4n) is 1.95. The van der Waals surface area contributed by atoms with E-state index in [9.17, 15) is 10.1 Å². The smallest absolute Gasteiger partial charge is 0.274 e. The van der Waals surface area contributed by atoms with Crippen LogP contribution in [-0.4, -0.2) is 19.8 Å². The van der Waals surface area contributed by atoms with Crippen molar-refractivity contribution in [3.05, 3.63) is 51.3 Å². The van der Waals surface area contributed by atoms with Crippen molar-refractivity contribution in [2.24, 2.45) is 0 Å². The van der Waals surface area contributed by atoms with Crippen LogP contribution in [-0.2, 0) is 6.61 Å². The second-order valence-electron chi connectivity index (χ2n) is 4.04. The number of rotatable bonds is 3. The van der Waals surface area contributed by atoms with Crippen LogP contribution in [0.3, 0.4) is 0 Å². The van der Waals surface area contributed by atoms with E-state index in [1.165, 1.54) is 6.07 Å². The lowest BCUT2D eigenvalue weighted by Gasteiger charge is -2.09. The molecule has 0 saturated carbocycles. The Morgan fingerprint density at radius 1 is 1.39 bits per heavy atom. The van der Waals surface area contributed by atoms with Gasteiger partial charge in [0.25, 0.3) is 5.69 Å². The van der Waals surface area contributed by atoms with E-state index in [1.54, 1.807) is 29.9 Å². The molecule has 0 aliphatic rings. The molecule has 18 heavy (non-hydrogen) atoms. The van der Waals surface area contributed by atoms with Gasteiger partial charge >= 0.3 is 0 Å². The highest BCUT2D eigenvalue weighted by Crippen LogP contribution is 2.27. The molecule has 1 N–H and O–H groups in total. The summed E-state index contributed by atoms with van der Waals surface area (Å²) in [6.45, 7) is 3.41. The quantitative estimate of drug-likeness (QED) is 0.663. The Morgan fingerprint density at radius 3 is 2.67 bits per heavy atom. The second kappa shape index (κ2) is 4.58. The average Bonchev–Trinajstić information content (AvgIpc) is 2.77. The van der Waals surface area contributed by atoms with E-state index in [0.717, 1.165) is 5.56 Å². The molecule has 0 aliphatic carbocycles. The molecule has 0 bridgehead atoms. The molecule has 0 amide bonds. The number of aliphatic hydroxyl groups is 1. The van der Waals surface area contributed by atoms with Gasteiger partial charge in [0.15, 0.2) is 0 Å². The molecule has 1 aromatic heterocycles. The van der Waals surface area contributed by atoms with Gasteiger partial charge in [-0.1, -0.05) is 6.07 Å². The highest BCUT2D eigenvalue weighted by Gasteiger charge is 2.17. The number of aryl methyl sites for hydroxylation is 1. The van der Waals surface area contributed by atoms with Crippen molar-refractivity contribution in [3.63, 3.8) is 0 Å². The number of hydrogen-bond acceptors (Lipinski definition) is 4. The highest BCUT2D eigenvalue weighted by atomic mass is 16.6. The SMILES string of the molecule is Cc1ccc([N+](=O)[O-])c(C)c1-n1ccc(CO)n1. The molecule has 0 unspecified atom stereocenters. The summed E-state index contributed by atoms with van der Waals surface area (Å²) >= 11 is 0. The molecular formula is C12H13N3O3. The predicted octanol–water partition coefficient (Wildman–Crippen LogP) is 1.89.